The number of hydrogen-bond donors (Lipinski definition) is 2. The van der Waals surface area contributed by atoms with Crippen molar-refractivity contribution in [2.45, 2.75) is 19.9 Å². The number of aromatic amines is 1. The van der Waals surface area contributed by atoms with Gasteiger partial charge in [-0.3, -0.25) is 9.59 Å². The Hall–Kier alpha value is -3.46. The van der Waals surface area contributed by atoms with Crippen molar-refractivity contribution in [2.75, 3.05) is 34.3 Å². The average Bonchev–Trinajstić information content (AvgIpc) is 3.18. The zero-order valence-corrected chi connectivity index (χ0v) is 18.7. The standard InChI is InChI=1S/C23H26FN3O5/c1-12-16(13(2)25-18(12)23(31)32-5)20(28)17-19(14-7-6-8-15(24)11-14)27(10-9-26(3)4)22(30)21(17)29/h6-8,11,19,25,28H,9-10H2,1-5H3/b20-17+/t19-/m1/s1. The molecule has 0 spiro atoms. The van der Waals surface area contributed by atoms with E-state index in [2.05, 4.69) is 4.98 Å². The van der Waals surface area contributed by atoms with Gasteiger partial charge in [-0.25, -0.2) is 9.18 Å². The summed E-state index contributed by atoms with van der Waals surface area (Å²) in [6.45, 7) is 3.90. The molecule has 32 heavy (non-hydrogen) atoms. The number of hydrogen-bond acceptors (Lipinski definition) is 6. The summed E-state index contributed by atoms with van der Waals surface area (Å²) in [5.41, 5.74) is 1.39. The number of ether oxygens (including phenoxy) is 1. The first-order valence-electron chi connectivity index (χ1n) is 10.0. The molecule has 2 aromatic rings. The normalized spacial score (nSPS) is 18.0. The minimum Gasteiger partial charge on any atom is -0.507 e. The van der Waals surface area contributed by atoms with Gasteiger partial charge in [-0.1, -0.05) is 12.1 Å². The number of esters is 1. The highest BCUT2D eigenvalue weighted by Crippen LogP contribution is 2.40. The van der Waals surface area contributed by atoms with Crippen molar-refractivity contribution in [3.8, 4) is 0 Å². The van der Waals surface area contributed by atoms with Crippen molar-refractivity contribution >= 4 is 23.4 Å². The van der Waals surface area contributed by atoms with Crippen LogP contribution in [0.2, 0.25) is 0 Å². The molecule has 2 N–H and O–H groups in total. The van der Waals surface area contributed by atoms with Gasteiger partial charge in [-0.15, -0.1) is 0 Å². The Balaban J connectivity index is 2.23. The number of nitrogens with one attached hydrogen (secondary N) is 1. The molecule has 0 aliphatic carbocycles. The van der Waals surface area contributed by atoms with E-state index in [1.54, 1.807) is 19.9 Å². The summed E-state index contributed by atoms with van der Waals surface area (Å²) in [5, 5.41) is 11.2. The fourth-order valence-corrected chi connectivity index (χ4v) is 3.99. The number of H-pyrrole nitrogens is 1. The summed E-state index contributed by atoms with van der Waals surface area (Å²) in [7, 11) is 4.89. The third-order valence-corrected chi connectivity index (χ3v) is 5.56. The fraction of sp³-hybridized carbons (Fsp3) is 0.348. The number of aromatic nitrogens is 1. The van der Waals surface area contributed by atoms with Crippen LogP contribution in [0.25, 0.3) is 5.76 Å². The molecule has 1 amide bonds. The average molecular weight is 443 g/mol. The van der Waals surface area contributed by atoms with Gasteiger partial charge >= 0.3 is 5.97 Å². The van der Waals surface area contributed by atoms with Gasteiger partial charge in [0.2, 0.25) is 0 Å². The van der Waals surface area contributed by atoms with Gasteiger partial charge in [-0.05, 0) is 51.2 Å². The molecule has 1 aromatic carbocycles. The van der Waals surface area contributed by atoms with Gasteiger partial charge in [-0.2, -0.15) is 0 Å². The Morgan fingerprint density at radius 3 is 2.56 bits per heavy atom. The van der Waals surface area contributed by atoms with Gasteiger partial charge in [0.15, 0.2) is 0 Å². The molecule has 1 aliphatic heterocycles. The van der Waals surface area contributed by atoms with Crippen LogP contribution in [0.5, 0.6) is 0 Å². The number of methoxy groups -OCH3 is 1. The second kappa shape index (κ2) is 8.96. The lowest BCUT2D eigenvalue weighted by Crippen LogP contribution is -2.35. The molecular formula is C23H26FN3O5. The number of carbonyl (C=O) groups excluding carboxylic acids is 3. The van der Waals surface area contributed by atoms with Crippen molar-refractivity contribution in [2.24, 2.45) is 0 Å². The van der Waals surface area contributed by atoms with Crippen LogP contribution in [0.1, 0.15) is 38.9 Å². The number of aliphatic hydroxyl groups excluding tert-OH is 1. The van der Waals surface area contributed by atoms with Gasteiger partial charge in [0.25, 0.3) is 11.7 Å². The number of rotatable bonds is 6. The molecule has 0 unspecified atom stereocenters. The Morgan fingerprint density at radius 2 is 1.97 bits per heavy atom. The minimum absolute atomic E-state index is 0.135. The molecule has 9 heteroatoms. The summed E-state index contributed by atoms with van der Waals surface area (Å²) in [6, 6.07) is 4.62. The number of likely N-dealkylation sites (N-methyl/N-ethyl adjacent to an activating group) is 1. The van der Waals surface area contributed by atoms with Gasteiger partial charge < -0.3 is 24.6 Å². The summed E-state index contributed by atoms with van der Waals surface area (Å²) in [5.74, 6) is -3.22. The lowest BCUT2D eigenvalue weighted by molar-refractivity contribution is -0.140. The largest absolute Gasteiger partial charge is 0.507 e. The molecule has 170 valence electrons. The highest BCUT2D eigenvalue weighted by atomic mass is 19.1. The molecule has 3 rings (SSSR count). The van der Waals surface area contributed by atoms with Crippen LogP contribution in [0.4, 0.5) is 4.39 Å². The number of aryl methyl sites for hydroxylation is 1. The zero-order chi connectivity index (χ0) is 23.7. The maximum Gasteiger partial charge on any atom is 0.354 e. The molecule has 1 aliphatic rings. The molecule has 0 bridgehead atoms. The molecule has 1 aromatic heterocycles. The lowest BCUT2D eigenvalue weighted by Gasteiger charge is -2.26. The Kier molecular flexibility index (Phi) is 6.50. The molecule has 1 fully saturated rings. The van der Waals surface area contributed by atoms with Crippen LogP contribution in [0.3, 0.4) is 0 Å². The molecular weight excluding hydrogens is 417 g/mol. The van der Waals surface area contributed by atoms with Gasteiger partial charge in [0.05, 0.1) is 18.7 Å². The SMILES string of the molecule is COC(=O)c1[nH]c(C)c(/C(O)=C2\C(=O)C(=O)N(CCN(C)C)[C@@H]2c2cccc(F)c2)c1C. The van der Waals surface area contributed by atoms with Gasteiger partial charge in [0.1, 0.15) is 17.3 Å². The molecule has 0 radical (unpaired) electrons. The Labute approximate surface area is 185 Å². The zero-order valence-electron chi connectivity index (χ0n) is 18.7. The van der Waals surface area contributed by atoms with Crippen LogP contribution < -0.4 is 0 Å². The maximum atomic E-state index is 14.0. The minimum atomic E-state index is -0.971. The highest BCUT2D eigenvalue weighted by molar-refractivity contribution is 6.46. The van der Waals surface area contributed by atoms with Crippen LogP contribution in [-0.4, -0.2) is 71.8 Å². The number of Topliss-reactive ketones (excluding diaryl/α,β-unsaturated/α-hetero) is 1. The first-order valence-corrected chi connectivity index (χ1v) is 10.0. The first kappa shape index (κ1) is 23.2. The molecule has 0 saturated carbocycles. The molecule has 1 saturated heterocycles. The van der Waals surface area contributed by atoms with E-state index in [9.17, 15) is 23.9 Å². The van der Waals surface area contributed by atoms with Crippen molar-refractivity contribution in [1.29, 1.82) is 0 Å². The Morgan fingerprint density at radius 1 is 1.28 bits per heavy atom. The fourth-order valence-electron chi connectivity index (χ4n) is 3.99. The maximum absolute atomic E-state index is 14.0. The second-order valence-corrected chi connectivity index (χ2v) is 7.97. The number of aliphatic hydroxyl groups is 1. The quantitative estimate of drug-likeness (QED) is 0.308. The number of amides is 1. The number of likely N-dealkylation sites (tertiary alicyclic amines) is 1. The topological polar surface area (TPSA) is 103 Å². The highest BCUT2D eigenvalue weighted by Gasteiger charge is 2.46. The number of benzene rings is 1. The molecule has 2 heterocycles. The van der Waals surface area contributed by atoms with Crippen molar-refractivity contribution in [3.63, 3.8) is 0 Å². The van der Waals surface area contributed by atoms with Gasteiger partial charge in [0, 0.05) is 24.3 Å². The van der Waals surface area contributed by atoms with E-state index >= 15 is 0 Å². The van der Waals surface area contributed by atoms with Crippen LogP contribution in [0, 0.1) is 19.7 Å². The van der Waals surface area contributed by atoms with E-state index < -0.39 is 35.3 Å². The van der Waals surface area contributed by atoms with Crippen LogP contribution in [0.15, 0.2) is 29.8 Å². The van der Waals surface area contributed by atoms with Crippen LogP contribution in [-0.2, 0) is 14.3 Å². The van der Waals surface area contributed by atoms with E-state index in [4.69, 9.17) is 4.74 Å². The first-order chi connectivity index (χ1) is 15.1. The third-order valence-electron chi connectivity index (χ3n) is 5.56. The van der Waals surface area contributed by atoms with Crippen molar-refractivity contribution in [1.82, 2.24) is 14.8 Å². The summed E-state index contributed by atoms with van der Waals surface area (Å²) < 4.78 is 18.8. The Bertz CT molecular complexity index is 1120. The lowest BCUT2D eigenvalue weighted by atomic mass is 9.94. The monoisotopic (exact) mass is 443 g/mol. The predicted molar refractivity (Wildman–Crippen MR) is 116 cm³/mol. The molecule has 8 nitrogen and oxygen atoms in total. The van der Waals surface area contributed by atoms with Crippen molar-refractivity contribution in [3.05, 3.63) is 63.7 Å². The summed E-state index contributed by atoms with van der Waals surface area (Å²) in [4.78, 5) is 44.1. The van der Waals surface area contributed by atoms with Crippen molar-refractivity contribution < 1.29 is 28.6 Å². The van der Waals surface area contributed by atoms with E-state index in [0.29, 0.717) is 23.4 Å². The second-order valence-electron chi connectivity index (χ2n) is 7.97. The van der Waals surface area contributed by atoms with E-state index in [-0.39, 0.29) is 23.4 Å². The third kappa shape index (κ3) is 4.03. The number of ketones is 1. The van der Waals surface area contributed by atoms with E-state index in [0.717, 1.165) is 0 Å². The summed E-state index contributed by atoms with van der Waals surface area (Å²) in [6.07, 6.45) is 0. The number of carbonyl (C=O) groups is 3. The number of halogens is 1. The summed E-state index contributed by atoms with van der Waals surface area (Å²) >= 11 is 0. The predicted octanol–water partition coefficient (Wildman–Crippen LogP) is 2.54. The van der Waals surface area contributed by atoms with E-state index in [1.165, 1.54) is 30.2 Å². The van der Waals surface area contributed by atoms with Crippen LogP contribution >= 0.6 is 0 Å². The number of nitrogens with zero attached hydrogens (tertiary/aromatic N) is 2. The smallest absolute Gasteiger partial charge is 0.354 e. The van der Waals surface area contributed by atoms with E-state index in [1.807, 2.05) is 19.0 Å². The molecule has 1 atom stereocenters.